The van der Waals surface area contributed by atoms with Gasteiger partial charge in [-0.25, -0.2) is 4.79 Å². The van der Waals surface area contributed by atoms with Crippen molar-refractivity contribution in [1.82, 2.24) is 16.0 Å². The van der Waals surface area contributed by atoms with Crippen molar-refractivity contribution in [1.29, 1.82) is 0 Å². The number of carboxylic acid groups (broad SMARTS) is 1. The maximum Gasteiger partial charge on any atom is 0.336 e. The Balaban J connectivity index is 1.54. The average Bonchev–Trinajstić information content (AvgIpc) is 3.53. The van der Waals surface area contributed by atoms with Crippen LogP contribution in [0.1, 0.15) is 92.3 Å². The fraction of sp³-hybridized carbons (Fsp3) is 0.432. The topological polar surface area (TPSA) is 251 Å². The lowest BCUT2D eigenvalue weighted by Crippen LogP contribution is -2.69. The van der Waals surface area contributed by atoms with E-state index in [0.29, 0.717) is 5.56 Å². The predicted molar refractivity (Wildman–Crippen MR) is 226 cm³/mol. The minimum Gasteiger partial charge on any atom is -0.505 e. The molecule has 2 saturated heterocycles. The third kappa shape index (κ3) is 12.5. The molecule has 3 aromatic rings. The van der Waals surface area contributed by atoms with Crippen molar-refractivity contribution in [3.63, 3.8) is 0 Å². The summed E-state index contributed by atoms with van der Waals surface area (Å²) in [5.74, 6) is -8.08. The van der Waals surface area contributed by atoms with Gasteiger partial charge in [0.15, 0.2) is 29.3 Å². The Hall–Kier alpha value is -5.79. The summed E-state index contributed by atoms with van der Waals surface area (Å²) in [6.07, 6.45) is -10.0. The highest BCUT2D eigenvalue weighted by Gasteiger charge is 2.60. The number of benzene rings is 3. The highest BCUT2D eigenvalue weighted by atomic mass is 35.5. The summed E-state index contributed by atoms with van der Waals surface area (Å²) in [6, 6.07) is 16.6. The number of aromatic hydroxyl groups is 1. The Kier molecular flexibility index (Phi) is 16.0. The number of carbonyl (C=O) groups is 7. The zero-order valence-electron chi connectivity index (χ0n) is 35.7. The summed E-state index contributed by atoms with van der Waals surface area (Å²) < 4.78 is 36.1. The van der Waals surface area contributed by atoms with Gasteiger partial charge in [-0.05, 0) is 49.2 Å². The van der Waals surface area contributed by atoms with Crippen LogP contribution < -0.4 is 16.0 Å². The van der Waals surface area contributed by atoms with E-state index in [2.05, 4.69) is 16.0 Å². The lowest BCUT2D eigenvalue weighted by Gasteiger charge is -2.49. The zero-order chi connectivity index (χ0) is 47.1. The van der Waals surface area contributed by atoms with Crippen LogP contribution in [0, 0.1) is 0 Å². The standard InChI is InChI=1S/C44H49Cl2N3O15/c1-22(50)49-35-32(59-23(2)51)18-44(42(57)58,19-33-37(63-43(5,6)62-33)27-13-10-14-28(15-27)40(55)47-20-26-11-8-7-9-12-26)64-39(35)38(61-25(4)53)34(60-24(3)52)21-48-41(56)29-16-30(45)36(54)31(46)17-29/h7-17,32-35,37-39,54H,18-21H2,1-6H3,(H,47,55)(H,48,56)(H,49,50)(H,57,58)/t32-,33-,34+,35+,37-,38+,39+,44-/m0/s1. The fourth-order valence-electron chi connectivity index (χ4n) is 7.72. The Morgan fingerprint density at radius 1 is 0.797 bits per heavy atom. The van der Waals surface area contributed by atoms with E-state index < -0.39 is 115 Å². The van der Waals surface area contributed by atoms with Crippen LogP contribution in [0.4, 0.5) is 0 Å². The fourth-order valence-corrected chi connectivity index (χ4v) is 8.20. The molecule has 3 amide bonds. The van der Waals surface area contributed by atoms with E-state index in [1.807, 2.05) is 30.3 Å². The molecule has 5 N–H and O–H groups in total. The number of rotatable bonds is 16. The Bertz CT molecular complexity index is 2240. The number of hydrogen-bond acceptors (Lipinski definition) is 14. The number of halogens is 2. The molecule has 3 aromatic carbocycles. The van der Waals surface area contributed by atoms with E-state index in [0.717, 1.165) is 45.4 Å². The molecule has 344 valence electrons. The third-order valence-electron chi connectivity index (χ3n) is 10.3. The van der Waals surface area contributed by atoms with Crippen LogP contribution in [0.3, 0.4) is 0 Å². The van der Waals surface area contributed by atoms with Gasteiger partial charge in [-0.15, -0.1) is 0 Å². The number of phenols is 1. The first-order valence-corrected chi connectivity index (χ1v) is 20.8. The van der Waals surface area contributed by atoms with Crippen molar-refractivity contribution in [2.24, 2.45) is 0 Å². The van der Waals surface area contributed by atoms with E-state index in [9.17, 15) is 43.8 Å². The number of carboxylic acids is 1. The van der Waals surface area contributed by atoms with Crippen molar-refractivity contribution >= 4 is 64.8 Å². The molecule has 0 saturated carbocycles. The van der Waals surface area contributed by atoms with Crippen LogP contribution in [0.5, 0.6) is 5.75 Å². The molecule has 0 bridgehead atoms. The molecular weight excluding hydrogens is 881 g/mol. The number of phenolic OH excluding ortho intramolecular Hbond substituents is 1. The molecular formula is C44H49Cl2N3O15. The van der Waals surface area contributed by atoms with Crippen LogP contribution in [0.25, 0.3) is 0 Å². The van der Waals surface area contributed by atoms with Crippen molar-refractivity contribution in [3.8, 4) is 5.75 Å². The molecule has 18 nitrogen and oxygen atoms in total. The van der Waals surface area contributed by atoms with E-state index in [1.54, 1.807) is 38.1 Å². The molecule has 5 rings (SSSR count). The number of hydrogen-bond donors (Lipinski definition) is 5. The SMILES string of the molecule is CC(=O)N[C@H]1[C@H]([C@H](OC(C)=O)[C@@H](CNC(=O)c2cc(Cl)c(O)c(Cl)c2)OC(C)=O)O[C@@](C[C@@H]2OC(C)(C)O[C@H]2c2cccc(C(=O)NCc3ccccc3)c2)(C(=O)O)C[C@@H]1OC(C)=O. The molecule has 0 spiro atoms. The quantitative estimate of drug-likeness (QED) is 0.0976. The van der Waals surface area contributed by atoms with E-state index in [1.165, 1.54) is 0 Å². The molecule has 2 aliphatic heterocycles. The first-order chi connectivity index (χ1) is 30.1. The maximum atomic E-state index is 13.8. The molecule has 2 heterocycles. The minimum absolute atomic E-state index is 0.127. The molecule has 0 radical (unpaired) electrons. The monoisotopic (exact) mass is 929 g/mol. The molecule has 0 unspecified atom stereocenters. The minimum atomic E-state index is -2.39. The van der Waals surface area contributed by atoms with Crippen molar-refractivity contribution < 1.29 is 72.2 Å². The largest absolute Gasteiger partial charge is 0.505 e. The summed E-state index contributed by atoms with van der Waals surface area (Å²) in [5.41, 5.74) is -0.913. The van der Waals surface area contributed by atoms with Gasteiger partial charge in [-0.1, -0.05) is 65.7 Å². The van der Waals surface area contributed by atoms with Crippen LogP contribution in [-0.2, 0) is 58.9 Å². The number of nitrogens with one attached hydrogen (secondary N) is 3. The molecule has 2 aliphatic rings. The second kappa shape index (κ2) is 20.8. The normalized spacial score (nSPS) is 23.4. The average molecular weight is 931 g/mol. The van der Waals surface area contributed by atoms with Gasteiger partial charge >= 0.3 is 23.9 Å². The first kappa shape index (κ1) is 49.2. The van der Waals surface area contributed by atoms with E-state index in [4.69, 9.17) is 51.6 Å². The summed E-state index contributed by atoms with van der Waals surface area (Å²) >= 11 is 12.1. The number of amides is 3. The number of ether oxygens (including phenoxy) is 6. The van der Waals surface area contributed by atoms with Gasteiger partial charge < -0.3 is 54.6 Å². The van der Waals surface area contributed by atoms with Crippen LogP contribution in [0.2, 0.25) is 10.0 Å². The summed E-state index contributed by atoms with van der Waals surface area (Å²) in [4.78, 5) is 91.4. The van der Waals surface area contributed by atoms with Gasteiger partial charge in [0.2, 0.25) is 5.91 Å². The maximum absolute atomic E-state index is 13.8. The van der Waals surface area contributed by atoms with Gasteiger partial charge in [0.25, 0.3) is 11.8 Å². The number of esters is 3. The lowest BCUT2D eigenvalue weighted by molar-refractivity contribution is -0.245. The summed E-state index contributed by atoms with van der Waals surface area (Å²) in [7, 11) is 0. The first-order valence-electron chi connectivity index (χ1n) is 20.0. The second-order valence-corrected chi connectivity index (χ2v) is 16.6. The van der Waals surface area contributed by atoms with Gasteiger partial charge in [0, 0.05) is 58.2 Å². The number of aliphatic carboxylic acids is 1. The molecule has 64 heavy (non-hydrogen) atoms. The Morgan fingerprint density at radius 3 is 2.03 bits per heavy atom. The smallest absolute Gasteiger partial charge is 0.336 e. The van der Waals surface area contributed by atoms with Crippen LogP contribution in [-0.4, -0.2) is 106 Å². The molecule has 20 heteroatoms. The molecule has 0 aliphatic carbocycles. The highest BCUT2D eigenvalue weighted by Crippen LogP contribution is 2.46. The third-order valence-corrected chi connectivity index (χ3v) is 10.8. The molecule has 8 atom stereocenters. The van der Waals surface area contributed by atoms with Crippen LogP contribution >= 0.6 is 23.2 Å². The predicted octanol–water partition coefficient (Wildman–Crippen LogP) is 4.55. The lowest BCUT2D eigenvalue weighted by atomic mass is 9.79. The van der Waals surface area contributed by atoms with E-state index >= 15 is 0 Å². The molecule has 2 fully saturated rings. The summed E-state index contributed by atoms with van der Waals surface area (Å²) in [5, 5.41) is 28.7. The van der Waals surface area contributed by atoms with Gasteiger partial charge in [0.05, 0.1) is 28.7 Å². The molecule has 0 aromatic heterocycles. The summed E-state index contributed by atoms with van der Waals surface area (Å²) in [6.45, 7) is 7.08. The van der Waals surface area contributed by atoms with Gasteiger partial charge in [0.1, 0.15) is 18.3 Å². The zero-order valence-corrected chi connectivity index (χ0v) is 37.2. The Morgan fingerprint density at radius 2 is 1.44 bits per heavy atom. The Labute approximate surface area is 378 Å². The van der Waals surface area contributed by atoms with Gasteiger partial charge in [-0.3, -0.25) is 28.8 Å². The van der Waals surface area contributed by atoms with Crippen molar-refractivity contribution in [2.45, 2.75) is 115 Å². The highest BCUT2D eigenvalue weighted by molar-refractivity contribution is 6.37. The van der Waals surface area contributed by atoms with Crippen molar-refractivity contribution in [2.75, 3.05) is 6.54 Å². The number of carbonyl (C=O) groups excluding carboxylic acids is 6. The van der Waals surface area contributed by atoms with E-state index in [-0.39, 0.29) is 33.6 Å². The second-order valence-electron chi connectivity index (χ2n) is 15.8. The van der Waals surface area contributed by atoms with Crippen molar-refractivity contribution in [3.05, 3.63) is 99.0 Å². The van der Waals surface area contributed by atoms with Crippen LogP contribution in [0.15, 0.2) is 66.7 Å². The van der Waals surface area contributed by atoms with Gasteiger partial charge in [-0.2, -0.15) is 0 Å².